The first-order chi connectivity index (χ1) is 8.72. The molecule has 1 aromatic carbocycles. The second-order valence-electron chi connectivity index (χ2n) is 4.02. The predicted octanol–water partition coefficient (Wildman–Crippen LogP) is 1.12. The van der Waals surface area contributed by atoms with Gasteiger partial charge in [-0.2, -0.15) is 0 Å². The summed E-state index contributed by atoms with van der Waals surface area (Å²) in [6, 6.07) is 8.73. The summed E-state index contributed by atoms with van der Waals surface area (Å²) in [5.41, 5.74) is 1.44. The van der Waals surface area contributed by atoms with Gasteiger partial charge in [0.15, 0.2) is 5.76 Å². The summed E-state index contributed by atoms with van der Waals surface area (Å²) >= 11 is 0. The number of nitrogens with zero attached hydrogens (tertiary/aromatic N) is 1. The van der Waals surface area contributed by atoms with Crippen molar-refractivity contribution in [2.45, 2.75) is 18.6 Å². The van der Waals surface area contributed by atoms with Crippen molar-refractivity contribution in [1.29, 1.82) is 0 Å². The maximum Gasteiger partial charge on any atom is 0.166 e. The van der Waals surface area contributed by atoms with Crippen LogP contribution in [0.2, 0.25) is 0 Å². The van der Waals surface area contributed by atoms with Crippen molar-refractivity contribution in [2.75, 3.05) is 6.61 Å². The molecule has 2 atom stereocenters. The van der Waals surface area contributed by atoms with E-state index >= 15 is 0 Å². The Labute approximate surface area is 104 Å². The quantitative estimate of drug-likeness (QED) is 0.739. The number of aliphatic hydroxyl groups excluding tert-OH is 3. The fraction of sp³-hybridized carbons (Fsp3) is 0.308. The molecule has 1 aromatic heterocycles. The number of hydrogen-bond donors (Lipinski definition) is 3. The Morgan fingerprint density at radius 1 is 1.11 bits per heavy atom. The number of hydrogen-bond acceptors (Lipinski definition) is 5. The van der Waals surface area contributed by atoms with E-state index in [4.69, 9.17) is 9.63 Å². The third-order valence-electron chi connectivity index (χ3n) is 2.76. The van der Waals surface area contributed by atoms with E-state index in [2.05, 4.69) is 5.16 Å². The van der Waals surface area contributed by atoms with Crippen molar-refractivity contribution in [1.82, 2.24) is 5.16 Å². The lowest BCUT2D eigenvalue weighted by atomic mass is 10.0. The highest BCUT2D eigenvalue weighted by Crippen LogP contribution is 2.23. The number of benzene rings is 1. The third-order valence-corrected chi connectivity index (χ3v) is 2.76. The Morgan fingerprint density at radius 3 is 2.39 bits per heavy atom. The minimum Gasteiger partial charge on any atom is -0.396 e. The minimum absolute atomic E-state index is 0.144. The van der Waals surface area contributed by atoms with Crippen molar-refractivity contribution in [3.63, 3.8) is 0 Å². The Balaban J connectivity index is 2.12. The van der Waals surface area contributed by atoms with Gasteiger partial charge in [-0.25, -0.2) is 0 Å². The molecule has 0 bridgehead atoms. The van der Waals surface area contributed by atoms with Crippen LogP contribution in [0.1, 0.15) is 18.1 Å². The molecule has 0 spiro atoms. The van der Waals surface area contributed by atoms with E-state index in [9.17, 15) is 10.2 Å². The van der Waals surface area contributed by atoms with Crippen LogP contribution in [0.15, 0.2) is 41.1 Å². The van der Waals surface area contributed by atoms with Gasteiger partial charge in [0, 0.05) is 18.2 Å². The number of rotatable bonds is 5. The topological polar surface area (TPSA) is 86.7 Å². The van der Waals surface area contributed by atoms with Crippen LogP contribution in [-0.4, -0.2) is 33.2 Å². The minimum atomic E-state index is -0.999. The van der Waals surface area contributed by atoms with Crippen LogP contribution >= 0.6 is 0 Å². The molecule has 18 heavy (non-hydrogen) atoms. The highest BCUT2D eigenvalue weighted by atomic mass is 16.5. The molecule has 96 valence electrons. The van der Waals surface area contributed by atoms with E-state index in [0.29, 0.717) is 11.3 Å². The first-order valence-electron chi connectivity index (χ1n) is 5.70. The summed E-state index contributed by atoms with van der Waals surface area (Å²) in [7, 11) is 0. The first-order valence-corrected chi connectivity index (χ1v) is 5.70. The van der Waals surface area contributed by atoms with Crippen LogP contribution in [0, 0.1) is 0 Å². The largest absolute Gasteiger partial charge is 0.396 e. The predicted molar refractivity (Wildman–Crippen MR) is 64.6 cm³/mol. The lowest BCUT2D eigenvalue weighted by Gasteiger charge is -2.17. The normalized spacial score (nSPS) is 14.4. The van der Waals surface area contributed by atoms with Gasteiger partial charge in [0.05, 0.1) is 12.3 Å². The van der Waals surface area contributed by atoms with E-state index in [1.807, 2.05) is 0 Å². The molecule has 2 aromatic rings. The summed E-state index contributed by atoms with van der Waals surface area (Å²) in [5.74, 6) is 0.645. The standard InChI is InChI=1S/C13H15NO4/c15-8-6-11(16)13(17)10-3-1-9(2-4-10)12-5-7-14-18-12/h1-5,7,11,13,15-17H,6,8H2. The van der Waals surface area contributed by atoms with Gasteiger partial charge in [-0.1, -0.05) is 29.4 Å². The van der Waals surface area contributed by atoms with Crippen molar-refractivity contribution in [3.05, 3.63) is 42.1 Å². The molecular formula is C13H15NO4. The molecule has 2 unspecified atom stereocenters. The molecule has 0 aliphatic heterocycles. The summed E-state index contributed by atoms with van der Waals surface area (Å²) in [4.78, 5) is 0. The monoisotopic (exact) mass is 249 g/mol. The summed E-state index contributed by atoms with van der Waals surface area (Å²) < 4.78 is 5.01. The average molecular weight is 249 g/mol. The van der Waals surface area contributed by atoms with E-state index in [-0.39, 0.29) is 13.0 Å². The van der Waals surface area contributed by atoms with Crippen molar-refractivity contribution >= 4 is 0 Å². The van der Waals surface area contributed by atoms with Gasteiger partial charge in [0.1, 0.15) is 6.10 Å². The summed E-state index contributed by atoms with van der Waals surface area (Å²) in [6.45, 7) is -0.158. The second kappa shape index (κ2) is 5.77. The average Bonchev–Trinajstić information content (AvgIpc) is 2.92. The molecule has 0 saturated carbocycles. The summed E-state index contributed by atoms with van der Waals surface area (Å²) in [5, 5.41) is 31.8. The zero-order valence-electron chi connectivity index (χ0n) is 9.73. The lowest BCUT2D eigenvalue weighted by Crippen LogP contribution is -2.19. The van der Waals surface area contributed by atoms with E-state index in [1.54, 1.807) is 36.5 Å². The zero-order valence-corrected chi connectivity index (χ0v) is 9.73. The van der Waals surface area contributed by atoms with Gasteiger partial charge in [-0.3, -0.25) is 0 Å². The van der Waals surface area contributed by atoms with Crippen LogP contribution in [0.5, 0.6) is 0 Å². The fourth-order valence-electron chi connectivity index (χ4n) is 1.72. The van der Waals surface area contributed by atoms with Gasteiger partial charge in [-0.05, 0) is 12.0 Å². The van der Waals surface area contributed by atoms with E-state index < -0.39 is 12.2 Å². The molecule has 0 fully saturated rings. The molecule has 1 heterocycles. The molecular weight excluding hydrogens is 234 g/mol. The Bertz CT molecular complexity index is 466. The van der Waals surface area contributed by atoms with Crippen molar-refractivity contribution in [3.8, 4) is 11.3 Å². The highest BCUT2D eigenvalue weighted by Gasteiger charge is 2.17. The molecule has 0 saturated heterocycles. The Hall–Kier alpha value is -1.69. The van der Waals surface area contributed by atoms with Gasteiger partial charge in [0.25, 0.3) is 0 Å². The van der Waals surface area contributed by atoms with Gasteiger partial charge < -0.3 is 19.8 Å². The molecule has 0 amide bonds. The molecule has 5 nitrogen and oxygen atoms in total. The molecule has 2 rings (SSSR count). The Morgan fingerprint density at radius 2 is 1.83 bits per heavy atom. The van der Waals surface area contributed by atoms with E-state index in [0.717, 1.165) is 5.56 Å². The number of aromatic nitrogens is 1. The zero-order chi connectivity index (χ0) is 13.0. The molecule has 5 heteroatoms. The van der Waals surface area contributed by atoms with E-state index in [1.165, 1.54) is 0 Å². The van der Waals surface area contributed by atoms with Gasteiger partial charge in [-0.15, -0.1) is 0 Å². The maximum atomic E-state index is 9.84. The molecule has 0 radical (unpaired) electrons. The van der Waals surface area contributed by atoms with Crippen LogP contribution in [0.3, 0.4) is 0 Å². The van der Waals surface area contributed by atoms with Gasteiger partial charge >= 0.3 is 0 Å². The lowest BCUT2D eigenvalue weighted by molar-refractivity contribution is 0.00422. The van der Waals surface area contributed by atoms with Crippen LogP contribution in [-0.2, 0) is 0 Å². The maximum absolute atomic E-state index is 9.84. The Kier molecular flexibility index (Phi) is 4.09. The van der Waals surface area contributed by atoms with Crippen LogP contribution in [0.4, 0.5) is 0 Å². The van der Waals surface area contributed by atoms with Crippen LogP contribution in [0.25, 0.3) is 11.3 Å². The van der Waals surface area contributed by atoms with Crippen LogP contribution < -0.4 is 0 Å². The molecule has 3 N–H and O–H groups in total. The first kappa shape index (κ1) is 12.8. The number of aliphatic hydroxyl groups is 3. The van der Waals surface area contributed by atoms with Crippen molar-refractivity contribution < 1.29 is 19.8 Å². The summed E-state index contributed by atoms with van der Waals surface area (Å²) in [6.07, 6.45) is -0.263. The SMILES string of the molecule is OCCC(O)C(O)c1ccc(-c2ccno2)cc1. The fourth-order valence-corrected chi connectivity index (χ4v) is 1.72. The molecule has 0 aliphatic carbocycles. The second-order valence-corrected chi connectivity index (χ2v) is 4.02. The molecule has 0 aliphatic rings. The van der Waals surface area contributed by atoms with Gasteiger partial charge in [0.2, 0.25) is 0 Å². The van der Waals surface area contributed by atoms with Crippen molar-refractivity contribution in [2.24, 2.45) is 0 Å². The highest BCUT2D eigenvalue weighted by molar-refractivity contribution is 5.56. The smallest absolute Gasteiger partial charge is 0.166 e. The third kappa shape index (κ3) is 2.76.